The molecule has 1 aliphatic rings. The van der Waals surface area contributed by atoms with Crippen LogP contribution in [0.2, 0.25) is 0 Å². The highest BCUT2D eigenvalue weighted by Gasteiger charge is 2.28. The van der Waals surface area contributed by atoms with Gasteiger partial charge in [0.2, 0.25) is 0 Å². The molecule has 1 nitrogen and oxygen atoms in total. The molecular weight excluding hydrogens is 238 g/mol. The summed E-state index contributed by atoms with van der Waals surface area (Å²) < 4.78 is 0. The summed E-state index contributed by atoms with van der Waals surface area (Å²) in [4.78, 5) is 0. The van der Waals surface area contributed by atoms with Gasteiger partial charge in [-0.05, 0) is 31.1 Å². The molecule has 1 aliphatic carbocycles. The van der Waals surface area contributed by atoms with Gasteiger partial charge in [-0.1, -0.05) is 50.1 Å². The van der Waals surface area contributed by atoms with Crippen molar-refractivity contribution in [3.05, 3.63) is 35.9 Å². The smallest absolute Gasteiger partial charge is 0.0323 e. The molecule has 0 aliphatic heterocycles. The van der Waals surface area contributed by atoms with E-state index in [0.29, 0.717) is 12.1 Å². The lowest BCUT2D eigenvalue weighted by Gasteiger charge is -2.26. The number of nitrogens with one attached hydrogen (secondary N) is 1. The molecule has 18 heavy (non-hydrogen) atoms. The lowest BCUT2D eigenvalue weighted by molar-refractivity contribution is 0.421. The third-order valence-corrected chi connectivity index (χ3v) is 5.12. The monoisotopic (exact) mass is 263 g/mol. The Balaban J connectivity index is 2.02. The summed E-state index contributed by atoms with van der Waals surface area (Å²) in [5, 5.41) is 4.73. The maximum Gasteiger partial charge on any atom is 0.0323 e. The van der Waals surface area contributed by atoms with Crippen molar-refractivity contribution in [1.29, 1.82) is 0 Å². The molecule has 100 valence electrons. The predicted octanol–water partition coefficient (Wildman–Crippen LogP) is 4.40. The Bertz CT molecular complexity index is 338. The molecule has 0 radical (unpaired) electrons. The van der Waals surface area contributed by atoms with Crippen LogP contribution in [-0.2, 0) is 0 Å². The van der Waals surface area contributed by atoms with E-state index in [1.54, 1.807) is 0 Å². The second kappa shape index (κ2) is 7.20. The van der Waals surface area contributed by atoms with Crippen molar-refractivity contribution >= 4 is 11.8 Å². The van der Waals surface area contributed by atoms with E-state index in [-0.39, 0.29) is 0 Å². The molecule has 3 atom stereocenters. The van der Waals surface area contributed by atoms with Crippen molar-refractivity contribution in [2.24, 2.45) is 0 Å². The van der Waals surface area contributed by atoms with E-state index in [1.165, 1.54) is 37.7 Å². The Kier molecular flexibility index (Phi) is 5.58. The largest absolute Gasteiger partial charge is 0.306 e. The fourth-order valence-electron chi connectivity index (χ4n) is 2.98. The third-order valence-electron chi connectivity index (χ3n) is 3.95. The summed E-state index contributed by atoms with van der Waals surface area (Å²) in [6, 6.07) is 12.2. The van der Waals surface area contributed by atoms with Gasteiger partial charge in [0, 0.05) is 17.3 Å². The minimum absolute atomic E-state index is 0.536. The van der Waals surface area contributed by atoms with Crippen LogP contribution in [0.4, 0.5) is 0 Å². The highest BCUT2D eigenvalue weighted by Crippen LogP contribution is 2.31. The summed E-state index contributed by atoms with van der Waals surface area (Å²) >= 11 is 2.03. The molecule has 2 rings (SSSR count). The average Bonchev–Trinajstić information content (AvgIpc) is 2.86. The van der Waals surface area contributed by atoms with Gasteiger partial charge in [-0.25, -0.2) is 0 Å². The Morgan fingerprint density at radius 3 is 2.72 bits per heavy atom. The van der Waals surface area contributed by atoms with Crippen molar-refractivity contribution in [2.75, 3.05) is 6.26 Å². The highest BCUT2D eigenvalue weighted by molar-refractivity contribution is 7.99. The Hall–Kier alpha value is -0.470. The number of rotatable bonds is 6. The normalized spacial score (nSPS) is 25.2. The molecule has 0 aromatic heterocycles. The summed E-state index contributed by atoms with van der Waals surface area (Å²) in [6.07, 6.45) is 8.84. The van der Waals surface area contributed by atoms with E-state index in [4.69, 9.17) is 0 Å². The Labute approximate surface area is 116 Å². The van der Waals surface area contributed by atoms with Crippen LogP contribution in [0.25, 0.3) is 0 Å². The average molecular weight is 263 g/mol. The lowest BCUT2D eigenvalue weighted by atomic mass is 10.0. The zero-order valence-electron chi connectivity index (χ0n) is 11.6. The fraction of sp³-hybridized carbons (Fsp3) is 0.625. The molecular formula is C16H25NS. The minimum atomic E-state index is 0.536. The molecule has 1 fully saturated rings. The molecule has 0 heterocycles. The van der Waals surface area contributed by atoms with Crippen molar-refractivity contribution < 1.29 is 0 Å². The number of hydrogen-bond acceptors (Lipinski definition) is 2. The summed E-state index contributed by atoms with van der Waals surface area (Å²) in [5.41, 5.74) is 1.45. The quantitative estimate of drug-likeness (QED) is 0.816. The van der Waals surface area contributed by atoms with E-state index >= 15 is 0 Å². The molecule has 0 spiro atoms. The predicted molar refractivity (Wildman–Crippen MR) is 82.2 cm³/mol. The minimum Gasteiger partial charge on any atom is -0.306 e. The second-order valence-corrected chi connectivity index (χ2v) is 6.31. The van der Waals surface area contributed by atoms with Crippen LogP contribution in [0.3, 0.4) is 0 Å². The maximum atomic E-state index is 3.91. The third kappa shape index (κ3) is 3.52. The van der Waals surface area contributed by atoms with Crippen LogP contribution >= 0.6 is 11.8 Å². The van der Waals surface area contributed by atoms with Gasteiger partial charge in [-0.15, -0.1) is 0 Å². The highest BCUT2D eigenvalue weighted by atomic mass is 32.2. The summed E-state index contributed by atoms with van der Waals surface area (Å²) in [5.74, 6) is 0. The van der Waals surface area contributed by atoms with E-state index in [2.05, 4.69) is 48.8 Å². The van der Waals surface area contributed by atoms with Gasteiger partial charge in [-0.3, -0.25) is 0 Å². The van der Waals surface area contributed by atoms with E-state index in [9.17, 15) is 0 Å². The standard InChI is InChI=1S/C16H25NS/c1-3-8-14(13-9-5-4-6-10-13)17-15-11-7-12-16(15)18-2/h4-6,9-10,14-17H,3,7-8,11-12H2,1-2H3. The summed E-state index contributed by atoms with van der Waals surface area (Å²) in [6.45, 7) is 2.28. The number of hydrogen-bond donors (Lipinski definition) is 1. The first-order valence-corrected chi connectivity index (χ1v) is 8.47. The van der Waals surface area contributed by atoms with Gasteiger partial charge in [-0.2, -0.15) is 11.8 Å². The Morgan fingerprint density at radius 2 is 2.06 bits per heavy atom. The van der Waals surface area contributed by atoms with Gasteiger partial charge in [0.05, 0.1) is 0 Å². The van der Waals surface area contributed by atoms with E-state index in [0.717, 1.165) is 5.25 Å². The maximum absolute atomic E-state index is 3.91. The molecule has 3 unspecified atom stereocenters. The van der Waals surface area contributed by atoms with Crippen LogP contribution in [-0.4, -0.2) is 17.5 Å². The first kappa shape index (κ1) is 14.0. The first-order valence-electron chi connectivity index (χ1n) is 7.19. The lowest BCUT2D eigenvalue weighted by Crippen LogP contribution is -2.37. The van der Waals surface area contributed by atoms with Crippen LogP contribution < -0.4 is 5.32 Å². The molecule has 0 saturated heterocycles. The van der Waals surface area contributed by atoms with Crippen LogP contribution in [0, 0.1) is 0 Å². The molecule has 1 aromatic carbocycles. The van der Waals surface area contributed by atoms with Crippen LogP contribution in [0.5, 0.6) is 0 Å². The second-order valence-electron chi connectivity index (χ2n) is 5.23. The molecule has 0 bridgehead atoms. The van der Waals surface area contributed by atoms with Gasteiger partial charge in [0.25, 0.3) is 0 Å². The van der Waals surface area contributed by atoms with Crippen molar-refractivity contribution in [3.63, 3.8) is 0 Å². The zero-order chi connectivity index (χ0) is 12.8. The van der Waals surface area contributed by atoms with Crippen LogP contribution in [0.15, 0.2) is 30.3 Å². The van der Waals surface area contributed by atoms with Gasteiger partial charge in [0.15, 0.2) is 0 Å². The van der Waals surface area contributed by atoms with Crippen LogP contribution in [0.1, 0.15) is 50.6 Å². The molecule has 1 aromatic rings. The summed E-state index contributed by atoms with van der Waals surface area (Å²) in [7, 11) is 0. The van der Waals surface area contributed by atoms with Gasteiger partial charge < -0.3 is 5.32 Å². The molecule has 2 heteroatoms. The van der Waals surface area contributed by atoms with E-state index in [1.807, 2.05) is 11.8 Å². The van der Waals surface area contributed by atoms with Gasteiger partial charge in [0.1, 0.15) is 0 Å². The molecule has 1 N–H and O–H groups in total. The van der Waals surface area contributed by atoms with Crippen molar-refractivity contribution in [3.8, 4) is 0 Å². The van der Waals surface area contributed by atoms with Crippen molar-refractivity contribution in [2.45, 2.75) is 56.4 Å². The fourth-order valence-corrected chi connectivity index (χ4v) is 3.92. The topological polar surface area (TPSA) is 12.0 Å². The Morgan fingerprint density at radius 1 is 1.28 bits per heavy atom. The molecule has 0 amide bonds. The van der Waals surface area contributed by atoms with Gasteiger partial charge >= 0.3 is 0 Å². The number of benzene rings is 1. The van der Waals surface area contributed by atoms with E-state index < -0.39 is 0 Å². The zero-order valence-corrected chi connectivity index (χ0v) is 12.4. The SMILES string of the molecule is CCCC(NC1CCCC1SC)c1ccccc1. The molecule has 1 saturated carbocycles. The first-order chi connectivity index (χ1) is 8.85. The van der Waals surface area contributed by atoms with Crippen molar-refractivity contribution in [1.82, 2.24) is 5.32 Å². The number of thioether (sulfide) groups is 1.